The fraction of sp³-hybridized carbons (Fsp3) is 0.417. The Balaban J connectivity index is 1.63. The van der Waals surface area contributed by atoms with Crippen LogP contribution in [0.2, 0.25) is 0 Å². The van der Waals surface area contributed by atoms with Crippen LogP contribution in [0.3, 0.4) is 0 Å². The summed E-state index contributed by atoms with van der Waals surface area (Å²) in [7, 11) is 0. The average molecular weight is 394 g/mol. The van der Waals surface area contributed by atoms with Gasteiger partial charge in [0.2, 0.25) is 5.91 Å². The molecule has 0 bridgehead atoms. The first kappa shape index (κ1) is 20.9. The van der Waals surface area contributed by atoms with Gasteiger partial charge in [-0.15, -0.1) is 0 Å². The van der Waals surface area contributed by atoms with Crippen molar-refractivity contribution in [3.63, 3.8) is 0 Å². The minimum Gasteiger partial charge on any atom is -0.371 e. The number of aryl methyl sites for hydroxylation is 1. The highest BCUT2D eigenvalue weighted by molar-refractivity contribution is 6.01. The van der Waals surface area contributed by atoms with Crippen LogP contribution in [0, 0.1) is 18.8 Å². The number of carbonyl (C=O) groups is 2. The maximum Gasteiger partial charge on any atom is 0.251 e. The van der Waals surface area contributed by atoms with Crippen molar-refractivity contribution < 1.29 is 9.59 Å². The maximum atomic E-state index is 12.8. The zero-order valence-electron chi connectivity index (χ0n) is 17.7. The molecule has 29 heavy (non-hydrogen) atoms. The van der Waals surface area contributed by atoms with E-state index >= 15 is 0 Å². The van der Waals surface area contributed by atoms with Crippen LogP contribution in [0.5, 0.6) is 0 Å². The molecule has 1 saturated heterocycles. The van der Waals surface area contributed by atoms with E-state index in [1.165, 1.54) is 12.1 Å². The summed E-state index contributed by atoms with van der Waals surface area (Å²) in [6.07, 6.45) is 1.22. The number of amides is 2. The lowest BCUT2D eigenvalue weighted by Crippen LogP contribution is -2.47. The molecule has 1 aliphatic rings. The molecule has 154 valence electrons. The van der Waals surface area contributed by atoms with E-state index in [9.17, 15) is 9.59 Å². The lowest BCUT2D eigenvalue weighted by Gasteiger charge is -2.22. The van der Waals surface area contributed by atoms with Crippen molar-refractivity contribution in [1.29, 1.82) is 0 Å². The third kappa shape index (κ3) is 5.37. The second-order valence-corrected chi connectivity index (χ2v) is 8.44. The number of anilines is 2. The molecule has 2 N–H and O–H groups in total. The van der Waals surface area contributed by atoms with Crippen molar-refractivity contribution in [1.82, 2.24) is 5.32 Å². The number of hydrogen-bond acceptors (Lipinski definition) is 3. The highest BCUT2D eigenvalue weighted by atomic mass is 16.2. The first-order valence-corrected chi connectivity index (χ1v) is 10.4. The quantitative estimate of drug-likeness (QED) is 0.772. The van der Waals surface area contributed by atoms with Crippen molar-refractivity contribution in [2.24, 2.45) is 11.8 Å². The van der Waals surface area contributed by atoms with Gasteiger partial charge in [0.15, 0.2) is 0 Å². The standard InChI is InChI=1S/C24H31N3O2/c1-16(2)22(26-23(28)19-7-5-17(3)6-8-19)24(29)25-20-9-11-21(12-10-20)27-14-13-18(4)15-27/h5-12,16,18,22H,13-15H2,1-4H3,(H,25,29)(H,26,28). The Kier molecular flexibility index (Phi) is 6.57. The van der Waals surface area contributed by atoms with Gasteiger partial charge in [0.1, 0.15) is 6.04 Å². The molecule has 0 radical (unpaired) electrons. The van der Waals surface area contributed by atoms with Gasteiger partial charge in [-0.1, -0.05) is 38.5 Å². The Morgan fingerprint density at radius 3 is 2.24 bits per heavy atom. The van der Waals surface area contributed by atoms with Crippen LogP contribution in [0.4, 0.5) is 11.4 Å². The molecule has 2 aromatic rings. The molecular weight excluding hydrogens is 362 g/mol. The molecule has 5 nitrogen and oxygen atoms in total. The molecule has 5 heteroatoms. The first-order chi connectivity index (χ1) is 13.8. The summed E-state index contributed by atoms with van der Waals surface area (Å²) in [5.74, 6) is 0.244. The minimum absolute atomic E-state index is 0.0326. The summed E-state index contributed by atoms with van der Waals surface area (Å²) in [4.78, 5) is 27.7. The van der Waals surface area contributed by atoms with Gasteiger partial charge in [-0.3, -0.25) is 9.59 Å². The van der Waals surface area contributed by atoms with Gasteiger partial charge in [-0.05, 0) is 61.6 Å². The van der Waals surface area contributed by atoms with Crippen molar-refractivity contribution in [2.75, 3.05) is 23.3 Å². The molecule has 2 unspecified atom stereocenters. The number of nitrogens with one attached hydrogen (secondary N) is 2. The number of nitrogens with zero attached hydrogens (tertiary/aromatic N) is 1. The minimum atomic E-state index is -0.608. The molecule has 1 aliphatic heterocycles. The number of hydrogen-bond donors (Lipinski definition) is 2. The molecular formula is C24H31N3O2. The van der Waals surface area contributed by atoms with Crippen LogP contribution in [-0.4, -0.2) is 30.9 Å². The second-order valence-electron chi connectivity index (χ2n) is 8.44. The Labute approximate surface area is 173 Å². The number of rotatable bonds is 6. The topological polar surface area (TPSA) is 61.4 Å². The summed E-state index contributed by atoms with van der Waals surface area (Å²) >= 11 is 0. The van der Waals surface area contributed by atoms with Crippen molar-refractivity contribution in [3.05, 3.63) is 59.7 Å². The first-order valence-electron chi connectivity index (χ1n) is 10.4. The van der Waals surface area contributed by atoms with E-state index in [2.05, 4.69) is 22.5 Å². The van der Waals surface area contributed by atoms with Gasteiger partial charge in [-0.2, -0.15) is 0 Å². The fourth-order valence-electron chi connectivity index (χ4n) is 3.61. The molecule has 0 spiro atoms. The summed E-state index contributed by atoms with van der Waals surface area (Å²) in [5.41, 5.74) is 3.56. The van der Waals surface area contributed by atoms with E-state index in [-0.39, 0.29) is 17.7 Å². The smallest absolute Gasteiger partial charge is 0.251 e. The second kappa shape index (κ2) is 9.12. The molecule has 1 heterocycles. The van der Waals surface area contributed by atoms with Gasteiger partial charge >= 0.3 is 0 Å². The SMILES string of the molecule is Cc1ccc(C(=O)NC(C(=O)Nc2ccc(N3CCC(C)C3)cc2)C(C)C)cc1. The van der Waals surface area contributed by atoms with Gasteiger partial charge < -0.3 is 15.5 Å². The van der Waals surface area contributed by atoms with E-state index in [0.29, 0.717) is 5.56 Å². The van der Waals surface area contributed by atoms with Crippen molar-refractivity contribution in [3.8, 4) is 0 Å². The number of carbonyl (C=O) groups excluding carboxylic acids is 2. The lowest BCUT2D eigenvalue weighted by atomic mass is 10.0. The summed E-state index contributed by atoms with van der Waals surface area (Å²) < 4.78 is 0. The van der Waals surface area contributed by atoms with Gasteiger partial charge in [0, 0.05) is 30.0 Å². The lowest BCUT2D eigenvalue weighted by molar-refractivity contribution is -0.118. The van der Waals surface area contributed by atoms with Crippen LogP contribution in [0.1, 0.15) is 43.1 Å². The highest BCUT2D eigenvalue weighted by Gasteiger charge is 2.25. The normalized spacial score (nSPS) is 17.3. The van der Waals surface area contributed by atoms with Crippen molar-refractivity contribution in [2.45, 2.75) is 40.2 Å². The summed E-state index contributed by atoms with van der Waals surface area (Å²) in [5, 5.41) is 5.82. The zero-order valence-corrected chi connectivity index (χ0v) is 17.7. The molecule has 3 rings (SSSR count). The van der Waals surface area contributed by atoms with Crippen LogP contribution in [-0.2, 0) is 4.79 Å². The summed E-state index contributed by atoms with van der Waals surface area (Å²) in [6.45, 7) is 10.3. The van der Waals surface area contributed by atoms with Gasteiger partial charge in [0.25, 0.3) is 5.91 Å². The molecule has 2 atom stereocenters. The van der Waals surface area contributed by atoms with E-state index in [1.54, 1.807) is 12.1 Å². The Morgan fingerprint density at radius 2 is 1.69 bits per heavy atom. The fourth-order valence-corrected chi connectivity index (χ4v) is 3.61. The monoisotopic (exact) mass is 393 g/mol. The molecule has 2 amide bonds. The Morgan fingerprint density at radius 1 is 1.03 bits per heavy atom. The van der Waals surface area contributed by atoms with Crippen LogP contribution < -0.4 is 15.5 Å². The number of benzene rings is 2. The van der Waals surface area contributed by atoms with Gasteiger partial charge in [0.05, 0.1) is 0 Å². The predicted molar refractivity (Wildman–Crippen MR) is 118 cm³/mol. The summed E-state index contributed by atoms with van der Waals surface area (Å²) in [6, 6.07) is 14.7. The molecule has 2 aromatic carbocycles. The molecule has 0 saturated carbocycles. The average Bonchev–Trinajstić information content (AvgIpc) is 3.13. The maximum absolute atomic E-state index is 12.8. The van der Waals surface area contributed by atoms with Crippen LogP contribution in [0.25, 0.3) is 0 Å². The predicted octanol–water partition coefficient (Wildman–Crippen LogP) is 4.23. The Hall–Kier alpha value is -2.82. The molecule has 1 fully saturated rings. The Bertz CT molecular complexity index is 843. The zero-order chi connectivity index (χ0) is 21.0. The molecule has 0 aromatic heterocycles. The van der Waals surface area contributed by atoms with E-state index in [1.807, 2.05) is 57.2 Å². The van der Waals surface area contributed by atoms with Crippen molar-refractivity contribution >= 4 is 23.2 Å². The third-order valence-corrected chi connectivity index (χ3v) is 5.47. The van der Waals surface area contributed by atoms with Crippen LogP contribution >= 0.6 is 0 Å². The molecule has 0 aliphatic carbocycles. The van der Waals surface area contributed by atoms with E-state index in [0.717, 1.165) is 30.3 Å². The third-order valence-electron chi connectivity index (χ3n) is 5.47. The van der Waals surface area contributed by atoms with Gasteiger partial charge in [-0.25, -0.2) is 0 Å². The highest BCUT2D eigenvalue weighted by Crippen LogP contribution is 2.25. The van der Waals surface area contributed by atoms with E-state index in [4.69, 9.17) is 0 Å². The van der Waals surface area contributed by atoms with Crippen LogP contribution in [0.15, 0.2) is 48.5 Å². The van der Waals surface area contributed by atoms with E-state index < -0.39 is 6.04 Å². The largest absolute Gasteiger partial charge is 0.371 e.